The summed E-state index contributed by atoms with van der Waals surface area (Å²) in [5, 5.41) is 0. The Labute approximate surface area is 152 Å². The van der Waals surface area contributed by atoms with Crippen LogP contribution in [0, 0.1) is 0 Å². The standard InChI is InChI=1S/C16H17BrF2N6/c17-11-8-20-16(21-9-11)25-5-3-24(4-6-25)13-7-12(14(18)19)22-15(23-13)10-1-2-10/h7-10,14H,1-6H2. The van der Waals surface area contributed by atoms with Crippen molar-refractivity contribution in [3.8, 4) is 0 Å². The van der Waals surface area contributed by atoms with Crippen LogP contribution in [0.1, 0.15) is 36.7 Å². The summed E-state index contributed by atoms with van der Waals surface area (Å²) in [6.45, 7) is 2.80. The van der Waals surface area contributed by atoms with E-state index in [4.69, 9.17) is 0 Å². The maximum atomic E-state index is 13.2. The number of piperazine rings is 1. The zero-order chi connectivity index (χ0) is 17.4. The summed E-state index contributed by atoms with van der Waals surface area (Å²) in [5.74, 6) is 2.09. The van der Waals surface area contributed by atoms with Gasteiger partial charge in [-0.15, -0.1) is 0 Å². The third kappa shape index (κ3) is 3.70. The first-order valence-electron chi connectivity index (χ1n) is 8.24. The van der Waals surface area contributed by atoms with E-state index in [2.05, 4.69) is 40.8 Å². The lowest BCUT2D eigenvalue weighted by Crippen LogP contribution is -2.47. The average Bonchev–Trinajstić information content (AvgIpc) is 3.47. The van der Waals surface area contributed by atoms with E-state index in [-0.39, 0.29) is 11.6 Å². The highest BCUT2D eigenvalue weighted by molar-refractivity contribution is 9.10. The van der Waals surface area contributed by atoms with E-state index >= 15 is 0 Å². The van der Waals surface area contributed by atoms with Gasteiger partial charge in [0.05, 0.1) is 4.47 Å². The van der Waals surface area contributed by atoms with Gasteiger partial charge in [0.2, 0.25) is 5.95 Å². The van der Waals surface area contributed by atoms with Crippen molar-refractivity contribution in [1.29, 1.82) is 0 Å². The van der Waals surface area contributed by atoms with Crippen molar-refractivity contribution in [2.45, 2.75) is 25.2 Å². The van der Waals surface area contributed by atoms with Crippen molar-refractivity contribution in [1.82, 2.24) is 19.9 Å². The molecule has 0 spiro atoms. The van der Waals surface area contributed by atoms with Gasteiger partial charge < -0.3 is 9.80 Å². The predicted octanol–water partition coefficient (Wildman–Crippen LogP) is 3.17. The molecule has 0 aromatic carbocycles. The third-order valence-electron chi connectivity index (χ3n) is 4.41. The molecule has 0 amide bonds. The van der Waals surface area contributed by atoms with Gasteiger partial charge in [-0.3, -0.25) is 0 Å². The summed E-state index contributed by atoms with van der Waals surface area (Å²) in [6, 6.07) is 1.42. The van der Waals surface area contributed by atoms with Crippen LogP contribution in [0.3, 0.4) is 0 Å². The lowest BCUT2D eigenvalue weighted by molar-refractivity contribution is 0.145. The molecule has 2 aliphatic rings. The van der Waals surface area contributed by atoms with Gasteiger partial charge in [0.1, 0.15) is 17.3 Å². The molecule has 1 aliphatic carbocycles. The van der Waals surface area contributed by atoms with Crippen LogP contribution in [0.2, 0.25) is 0 Å². The van der Waals surface area contributed by atoms with Crippen LogP contribution in [0.25, 0.3) is 0 Å². The number of aromatic nitrogens is 4. The summed E-state index contributed by atoms with van der Waals surface area (Å²) in [7, 11) is 0. The second-order valence-electron chi connectivity index (χ2n) is 6.26. The van der Waals surface area contributed by atoms with Crippen LogP contribution in [-0.2, 0) is 0 Å². The summed E-state index contributed by atoms with van der Waals surface area (Å²) in [4.78, 5) is 21.3. The largest absolute Gasteiger partial charge is 0.353 e. The van der Waals surface area contributed by atoms with Crippen molar-refractivity contribution in [2.75, 3.05) is 36.0 Å². The highest BCUT2D eigenvalue weighted by Gasteiger charge is 2.30. The van der Waals surface area contributed by atoms with E-state index in [0.717, 1.165) is 17.3 Å². The first-order valence-corrected chi connectivity index (χ1v) is 9.04. The van der Waals surface area contributed by atoms with Gasteiger partial charge >= 0.3 is 0 Å². The van der Waals surface area contributed by atoms with Crippen LogP contribution in [0.4, 0.5) is 20.5 Å². The fraction of sp³-hybridized carbons (Fsp3) is 0.500. The second-order valence-corrected chi connectivity index (χ2v) is 7.18. The van der Waals surface area contributed by atoms with E-state index < -0.39 is 6.43 Å². The minimum Gasteiger partial charge on any atom is -0.353 e. The number of alkyl halides is 2. The number of anilines is 2. The number of halogens is 3. The minimum absolute atomic E-state index is 0.175. The molecule has 2 aromatic rings. The first kappa shape index (κ1) is 16.6. The summed E-state index contributed by atoms with van der Waals surface area (Å²) in [5.41, 5.74) is -0.175. The normalized spacial score (nSPS) is 18.1. The summed E-state index contributed by atoms with van der Waals surface area (Å²) < 4.78 is 27.1. The molecule has 0 unspecified atom stereocenters. The van der Waals surface area contributed by atoms with E-state index in [0.29, 0.717) is 43.8 Å². The Bertz CT molecular complexity index is 725. The molecule has 1 saturated heterocycles. The monoisotopic (exact) mass is 410 g/mol. The molecule has 25 heavy (non-hydrogen) atoms. The molecular weight excluding hydrogens is 394 g/mol. The van der Waals surface area contributed by atoms with Gasteiger partial charge in [-0.2, -0.15) is 0 Å². The Morgan fingerprint density at radius 2 is 1.64 bits per heavy atom. The first-order chi connectivity index (χ1) is 12.1. The molecule has 0 atom stereocenters. The molecule has 9 heteroatoms. The van der Waals surface area contributed by atoms with Crippen LogP contribution in [-0.4, -0.2) is 46.1 Å². The van der Waals surface area contributed by atoms with Crippen molar-refractivity contribution in [3.05, 3.63) is 34.5 Å². The van der Waals surface area contributed by atoms with Crippen LogP contribution in [0.5, 0.6) is 0 Å². The van der Waals surface area contributed by atoms with E-state index in [1.54, 1.807) is 12.4 Å². The molecule has 1 saturated carbocycles. The molecule has 0 N–H and O–H groups in total. The zero-order valence-corrected chi connectivity index (χ0v) is 15.0. The molecule has 132 valence electrons. The van der Waals surface area contributed by atoms with Gasteiger partial charge in [0.25, 0.3) is 6.43 Å². The summed E-state index contributed by atoms with van der Waals surface area (Å²) >= 11 is 3.32. The molecule has 4 rings (SSSR count). The molecule has 1 aliphatic heterocycles. The topological polar surface area (TPSA) is 58.0 Å². The molecule has 0 radical (unpaired) electrons. The number of hydrogen-bond acceptors (Lipinski definition) is 6. The van der Waals surface area contributed by atoms with Crippen LogP contribution >= 0.6 is 15.9 Å². The highest BCUT2D eigenvalue weighted by Crippen LogP contribution is 2.39. The number of rotatable bonds is 4. The molecule has 2 fully saturated rings. The van der Waals surface area contributed by atoms with Crippen molar-refractivity contribution in [2.24, 2.45) is 0 Å². The molecule has 0 bridgehead atoms. The maximum absolute atomic E-state index is 13.2. The van der Waals surface area contributed by atoms with E-state index in [9.17, 15) is 8.78 Å². The molecular formula is C16H17BrF2N6. The van der Waals surface area contributed by atoms with Crippen molar-refractivity contribution < 1.29 is 8.78 Å². The van der Waals surface area contributed by atoms with Gasteiger partial charge in [0.15, 0.2) is 0 Å². The van der Waals surface area contributed by atoms with E-state index in [1.165, 1.54) is 6.07 Å². The Hall–Kier alpha value is -1.90. The lowest BCUT2D eigenvalue weighted by Gasteiger charge is -2.35. The van der Waals surface area contributed by atoms with Gasteiger partial charge in [-0.1, -0.05) is 0 Å². The molecule has 2 aromatic heterocycles. The van der Waals surface area contributed by atoms with Crippen LogP contribution in [0.15, 0.2) is 22.9 Å². The number of nitrogens with zero attached hydrogens (tertiary/aromatic N) is 6. The minimum atomic E-state index is -2.57. The smallest absolute Gasteiger partial charge is 0.280 e. The molecule has 3 heterocycles. The highest BCUT2D eigenvalue weighted by atomic mass is 79.9. The van der Waals surface area contributed by atoms with Gasteiger partial charge in [0, 0.05) is 50.6 Å². The Morgan fingerprint density at radius 3 is 2.24 bits per heavy atom. The maximum Gasteiger partial charge on any atom is 0.280 e. The van der Waals surface area contributed by atoms with E-state index in [1.807, 2.05) is 4.90 Å². The fourth-order valence-corrected chi connectivity index (χ4v) is 3.08. The quantitative estimate of drug-likeness (QED) is 0.771. The fourth-order valence-electron chi connectivity index (χ4n) is 2.87. The Morgan fingerprint density at radius 1 is 1.00 bits per heavy atom. The Kier molecular flexibility index (Phi) is 4.49. The van der Waals surface area contributed by atoms with Gasteiger partial charge in [-0.25, -0.2) is 28.7 Å². The Balaban J connectivity index is 1.49. The zero-order valence-electron chi connectivity index (χ0n) is 13.4. The molecule has 6 nitrogen and oxygen atoms in total. The summed E-state index contributed by atoms with van der Waals surface area (Å²) in [6.07, 6.45) is 2.84. The van der Waals surface area contributed by atoms with Crippen molar-refractivity contribution >= 4 is 27.7 Å². The lowest BCUT2D eigenvalue weighted by atomic mass is 10.3. The van der Waals surface area contributed by atoms with Crippen molar-refractivity contribution in [3.63, 3.8) is 0 Å². The third-order valence-corrected chi connectivity index (χ3v) is 4.82. The van der Waals surface area contributed by atoms with Crippen LogP contribution < -0.4 is 9.80 Å². The SMILES string of the molecule is FC(F)c1cc(N2CCN(c3ncc(Br)cn3)CC2)nc(C2CC2)n1. The number of hydrogen-bond donors (Lipinski definition) is 0. The second kappa shape index (κ2) is 6.78. The van der Waals surface area contributed by atoms with Gasteiger partial charge in [-0.05, 0) is 28.8 Å². The predicted molar refractivity (Wildman–Crippen MR) is 93.1 cm³/mol. The average molecular weight is 411 g/mol.